The molecule has 1 N–H and O–H groups in total. The number of fused-ring (bicyclic) bond motifs is 1. The van der Waals surface area contributed by atoms with E-state index in [2.05, 4.69) is 10.3 Å². The van der Waals surface area contributed by atoms with Crippen molar-refractivity contribution in [2.45, 2.75) is 20.3 Å². The maximum atomic E-state index is 12.3. The molecule has 0 aliphatic heterocycles. The minimum atomic E-state index is -0.440. The smallest absolute Gasteiger partial charge is 0.341 e. The molecule has 0 aromatic carbocycles. The second-order valence-electron chi connectivity index (χ2n) is 5.39. The van der Waals surface area contributed by atoms with Gasteiger partial charge in [0.15, 0.2) is 0 Å². The fraction of sp³-hybridized carbons (Fsp3) is 0.235. The first-order valence-electron chi connectivity index (χ1n) is 7.67. The van der Waals surface area contributed by atoms with Crippen molar-refractivity contribution in [1.29, 1.82) is 0 Å². The van der Waals surface area contributed by atoms with E-state index in [9.17, 15) is 9.59 Å². The Balaban J connectivity index is 1.74. The third-order valence-electron chi connectivity index (χ3n) is 3.41. The molecule has 0 atom stereocenters. The van der Waals surface area contributed by atoms with Crippen molar-refractivity contribution in [1.82, 2.24) is 9.38 Å². The minimum absolute atomic E-state index is 0.0957. The van der Waals surface area contributed by atoms with E-state index in [4.69, 9.17) is 16.3 Å². The molecule has 6 nitrogen and oxygen atoms in total. The number of nitrogens with zero attached hydrogens (tertiary/aromatic N) is 2. The van der Waals surface area contributed by atoms with Crippen LogP contribution in [0.3, 0.4) is 0 Å². The third kappa shape index (κ3) is 4.00. The van der Waals surface area contributed by atoms with Gasteiger partial charge >= 0.3 is 5.97 Å². The number of hydrogen-bond donors (Lipinski definition) is 1. The summed E-state index contributed by atoms with van der Waals surface area (Å²) in [6.07, 6.45) is 3.58. The second-order valence-corrected chi connectivity index (χ2v) is 7.08. The lowest BCUT2D eigenvalue weighted by Crippen LogP contribution is -2.16. The average Bonchev–Trinajstić information content (AvgIpc) is 3.09. The van der Waals surface area contributed by atoms with E-state index in [0.717, 1.165) is 4.88 Å². The molecule has 3 aromatic rings. The lowest BCUT2D eigenvalue weighted by Gasteiger charge is -2.05. The molecule has 0 radical (unpaired) electrons. The van der Waals surface area contributed by atoms with Crippen molar-refractivity contribution in [3.63, 3.8) is 0 Å². The van der Waals surface area contributed by atoms with E-state index < -0.39 is 5.97 Å². The molecule has 0 aliphatic rings. The predicted molar refractivity (Wildman–Crippen MR) is 97.5 cm³/mol. The zero-order chi connectivity index (χ0) is 18.0. The number of carbonyl (C=O) groups excluding carboxylic acids is 2. The van der Waals surface area contributed by atoms with Gasteiger partial charge in [-0.2, -0.15) is 0 Å². The van der Waals surface area contributed by atoms with Gasteiger partial charge in [0.1, 0.15) is 10.6 Å². The molecule has 3 rings (SSSR count). The first-order chi connectivity index (χ1) is 12.0. The summed E-state index contributed by atoms with van der Waals surface area (Å²) < 4.78 is 6.79. The van der Waals surface area contributed by atoms with Crippen molar-refractivity contribution < 1.29 is 14.3 Å². The number of aromatic nitrogens is 2. The summed E-state index contributed by atoms with van der Waals surface area (Å²) in [5, 5.41) is 3.86. The predicted octanol–water partition coefficient (Wildman–Crippen LogP) is 3.72. The first-order valence-corrected chi connectivity index (χ1v) is 8.86. The zero-order valence-corrected chi connectivity index (χ0v) is 15.3. The number of anilines is 1. The van der Waals surface area contributed by atoms with E-state index in [0.29, 0.717) is 26.9 Å². The maximum absolute atomic E-state index is 12.3. The number of ether oxygens (including phenoxy) is 1. The summed E-state index contributed by atoms with van der Waals surface area (Å²) in [7, 11) is 0. The quantitative estimate of drug-likeness (QED) is 0.688. The molecule has 0 saturated carbocycles. The van der Waals surface area contributed by atoms with Crippen LogP contribution in [0.4, 0.5) is 5.00 Å². The summed E-state index contributed by atoms with van der Waals surface area (Å²) >= 11 is 7.28. The number of hydrogen-bond acceptors (Lipinski definition) is 5. The van der Waals surface area contributed by atoms with Gasteiger partial charge in [-0.15, -0.1) is 11.3 Å². The van der Waals surface area contributed by atoms with Gasteiger partial charge in [0.05, 0.1) is 29.3 Å². The van der Waals surface area contributed by atoms with Gasteiger partial charge in [-0.1, -0.05) is 11.6 Å². The molecule has 0 aliphatic carbocycles. The van der Waals surface area contributed by atoms with E-state index in [1.807, 2.05) is 6.92 Å². The molecule has 130 valence electrons. The van der Waals surface area contributed by atoms with Gasteiger partial charge in [-0.3, -0.25) is 4.79 Å². The number of esters is 1. The van der Waals surface area contributed by atoms with E-state index in [1.54, 1.807) is 41.9 Å². The maximum Gasteiger partial charge on any atom is 0.341 e. The van der Waals surface area contributed by atoms with Crippen LogP contribution in [0.25, 0.3) is 5.65 Å². The van der Waals surface area contributed by atoms with Crippen LogP contribution in [0.15, 0.2) is 30.6 Å². The Bertz CT molecular complexity index is 948. The number of nitrogens with one attached hydrogen (secondary N) is 1. The number of aryl methyl sites for hydroxylation is 1. The van der Waals surface area contributed by atoms with Gasteiger partial charge in [0.2, 0.25) is 5.91 Å². The Kier molecular flexibility index (Phi) is 5.06. The number of halogens is 1. The molecule has 8 heteroatoms. The topological polar surface area (TPSA) is 72.7 Å². The molecule has 0 spiro atoms. The summed E-state index contributed by atoms with van der Waals surface area (Å²) in [4.78, 5) is 29.6. The molecule has 3 heterocycles. The van der Waals surface area contributed by atoms with E-state index in [1.165, 1.54) is 11.3 Å². The Morgan fingerprint density at radius 2 is 2.16 bits per heavy atom. The number of pyridine rings is 1. The van der Waals surface area contributed by atoms with Crippen LogP contribution >= 0.6 is 22.9 Å². The third-order valence-corrected chi connectivity index (χ3v) is 4.60. The number of amides is 1. The SMILES string of the molecule is CCOC(=O)c1cc(C)sc1NC(=O)Cc1cn2cc(Cl)ccc2n1. The zero-order valence-electron chi connectivity index (χ0n) is 13.7. The monoisotopic (exact) mass is 377 g/mol. The molecular formula is C17H16ClN3O3S. The Labute approximate surface area is 153 Å². The van der Waals surface area contributed by atoms with Crippen molar-refractivity contribution in [3.8, 4) is 0 Å². The molecule has 0 fully saturated rings. The largest absolute Gasteiger partial charge is 0.462 e. The summed E-state index contributed by atoms with van der Waals surface area (Å²) in [6, 6.07) is 5.24. The van der Waals surface area contributed by atoms with Crippen LogP contribution in [0.5, 0.6) is 0 Å². The molecule has 25 heavy (non-hydrogen) atoms. The van der Waals surface area contributed by atoms with Crippen LogP contribution in [-0.2, 0) is 16.0 Å². The van der Waals surface area contributed by atoms with E-state index in [-0.39, 0.29) is 18.9 Å². The minimum Gasteiger partial charge on any atom is -0.462 e. The summed E-state index contributed by atoms with van der Waals surface area (Å²) in [5.74, 6) is -0.688. The fourth-order valence-electron chi connectivity index (χ4n) is 2.41. The Morgan fingerprint density at radius 1 is 1.36 bits per heavy atom. The van der Waals surface area contributed by atoms with Gasteiger partial charge in [0, 0.05) is 17.3 Å². The average molecular weight is 378 g/mol. The lowest BCUT2D eigenvalue weighted by molar-refractivity contribution is -0.115. The molecule has 0 bridgehead atoms. The fourth-order valence-corrected chi connectivity index (χ4v) is 3.49. The highest BCUT2D eigenvalue weighted by Gasteiger charge is 2.18. The Hall–Kier alpha value is -2.38. The van der Waals surface area contributed by atoms with Crippen molar-refractivity contribution in [2.75, 3.05) is 11.9 Å². The lowest BCUT2D eigenvalue weighted by atomic mass is 10.2. The van der Waals surface area contributed by atoms with Gasteiger partial charge in [-0.05, 0) is 32.0 Å². The number of thiophene rings is 1. The normalized spacial score (nSPS) is 10.8. The first kappa shape index (κ1) is 17.4. The Morgan fingerprint density at radius 3 is 2.92 bits per heavy atom. The van der Waals surface area contributed by atoms with E-state index >= 15 is 0 Å². The number of imidazole rings is 1. The van der Waals surface area contributed by atoms with Crippen LogP contribution in [0.2, 0.25) is 5.02 Å². The highest BCUT2D eigenvalue weighted by Crippen LogP contribution is 2.28. The highest BCUT2D eigenvalue weighted by molar-refractivity contribution is 7.16. The standard InChI is InChI=1S/C17H16ClN3O3S/c1-3-24-17(23)13-6-10(2)25-16(13)20-15(22)7-12-9-21-8-11(18)4-5-14(21)19-12/h4-6,8-9H,3,7H2,1-2H3,(H,20,22). The van der Waals surface area contributed by atoms with Crippen molar-refractivity contribution in [3.05, 3.63) is 51.7 Å². The van der Waals surface area contributed by atoms with Crippen molar-refractivity contribution in [2.24, 2.45) is 0 Å². The number of carbonyl (C=O) groups is 2. The second kappa shape index (κ2) is 7.25. The number of rotatable bonds is 5. The molecule has 0 saturated heterocycles. The summed E-state index contributed by atoms with van der Waals surface area (Å²) in [6.45, 7) is 3.89. The molecular weight excluding hydrogens is 362 g/mol. The highest BCUT2D eigenvalue weighted by atomic mass is 35.5. The van der Waals surface area contributed by atoms with Gasteiger partial charge in [0.25, 0.3) is 0 Å². The van der Waals surface area contributed by atoms with Crippen LogP contribution in [0.1, 0.15) is 27.9 Å². The van der Waals surface area contributed by atoms with Crippen molar-refractivity contribution >= 4 is 45.5 Å². The molecule has 1 amide bonds. The van der Waals surface area contributed by atoms with Gasteiger partial charge in [-0.25, -0.2) is 9.78 Å². The van der Waals surface area contributed by atoms with Crippen LogP contribution < -0.4 is 5.32 Å². The molecule has 0 unspecified atom stereocenters. The van der Waals surface area contributed by atoms with Crippen LogP contribution in [-0.4, -0.2) is 27.9 Å². The van der Waals surface area contributed by atoms with Gasteiger partial charge < -0.3 is 14.5 Å². The summed E-state index contributed by atoms with van der Waals surface area (Å²) in [5.41, 5.74) is 1.71. The molecule has 3 aromatic heterocycles. The van der Waals surface area contributed by atoms with Crippen LogP contribution in [0, 0.1) is 6.92 Å².